The van der Waals surface area contributed by atoms with Crippen molar-refractivity contribution in [1.82, 2.24) is 0 Å². The lowest BCUT2D eigenvalue weighted by molar-refractivity contribution is -0.111. The number of aldehydes is 1. The van der Waals surface area contributed by atoms with Gasteiger partial charge in [0.2, 0.25) is 0 Å². The summed E-state index contributed by atoms with van der Waals surface area (Å²) < 4.78 is 13.5. The summed E-state index contributed by atoms with van der Waals surface area (Å²) in [6.45, 7) is 0. The minimum absolute atomic E-state index is 0.0955. The Balaban J connectivity index is 2.22. The predicted molar refractivity (Wildman–Crippen MR) is 60.3 cm³/mol. The Morgan fingerprint density at radius 1 is 1.40 bits per heavy atom. The van der Waals surface area contributed by atoms with Crippen molar-refractivity contribution in [2.75, 3.05) is 0 Å². The van der Waals surface area contributed by atoms with Crippen molar-refractivity contribution in [3.05, 3.63) is 35.6 Å². The van der Waals surface area contributed by atoms with Crippen LogP contribution in [0.3, 0.4) is 0 Å². The fraction of sp³-hybridized carbons (Fsp3) is 0.417. The fourth-order valence-corrected chi connectivity index (χ4v) is 2.73. The van der Waals surface area contributed by atoms with Crippen molar-refractivity contribution in [2.45, 2.75) is 17.7 Å². The van der Waals surface area contributed by atoms with Gasteiger partial charge in [-0.3, -0.25) is 0 Å². The van der Waals surface area contributed by atoms with Gasteiger partial charge < -0.3 is 4.79 Å². The van der Waals surface area contributed by atoms with Gasteiger partial charge in [0.1, 0.15) is 12.1 Å². The normalized spacial score (nSPS) is 19.6. The third-order valence-electron chi connectivity index (χ3n) is 2.86. The number of hydrogen-bond acceptors (Lipinski definition) is 1. The first-order valence-electron chi connectivity index (χ1n) is 5.08. The molecule has 80 valence electrons. The average Bonchev–Trinajstić information content (AvgIpc) is 3.03. The van der Waals surface area contributed by atoms with Gasteiger partial charge >= 0.3 is 0 Å². The van der Waals surface area contributed by atoms with E-state index in [1.165, 1.54) is 6.07 Å². The fourth-order valence-electron chi connectivity index (χ4n) is 1.81. The van der Waals surface area contributed by atoms with Crippen molar-refractivity contribution in [3.63, 3.8) is 0 Å². The standard InChI is InChI=1S/C12H12BrFO/c13-12(10(7-15)8-5-6-8)9-3-1-2-4-11(9)14/h1-4,7-8,10,12H,5-6H2. The topological polar surface area (TPSA) is 17.1 Å². The molecule has 1 nitrogen and oxygen atoms in total. The monoisotopic (exact) mass is 270 g/mol. The van der Waals surface area contributed by atoms with Crippen LogP contribution in [0.4, 0.5) is 4.39 Å². The van der Waals surface area contributed by atoms with Crippen LogP contribution in [-0.2, 0) is 4.79 Å². The molecule has 1 aliphatic rings. The summed E-state index contributed by atoms with van der Waals surface area (Å²) in [6.07, 6.45) is 3.11. The van der Waals surface area contributed by atoms with Crippen molar-refractivity contribution < 1.29 is 9.18 Å². The van der Waals surface area contributed by atoms with E-state index in [4.69, 9.17) is 0 Å². The molecule has 3 heteroatoms. The molecule has 0 radical (unpaired) electrons. The molecule has 2 unspecified atom stereocenters. The highest BCUT2D eigenvalue weighted by molar-refractivity contribution is 9.09. The second kappa shape index (κ2) is 4.44. The van der Waals surface area contributed by atoms with E-state index in [-0.39, 0.29) is 16.6 Å². The highest BCUT2D eigenvalue weighted by atomic mass is 79.9. The minimum Gasteiger partial charge on any atom is -0.303 e. The maximum absolute atomic E-state index is 13.5. The summed E-state index contributed by atoms with van der Waals surface area (Å²) in [6, 6.07) is 6.61. The molecule has 0 bridgehead atoms. The number of rotatable bonds is 4. The molecule has 0 aromatic heterocycles. The van der Waals surface area contributed by atoms with Gasteiger partial charge in [0.05, 0.1) is 4.83 Å². The molecular weight excluding hydrogens is 259 g/mol. The first-order chi connectivity index (χ1) is 7.24. The number of alkyl halides is 1. The van der Waals surface area contributed by atoms with Crippen LogP contribution in [0.5, 0.6) is 0 Å². The number of hydrogen-bond donors (Lipinski definition) is 0. The quantitative estimate of drug-likeness (QED) is 0.605. The Hall–Kier alpha value is -0.700. The zero-order valence-corrected chi connectivity index (χ0v) is 9.78. The van der Waals surface area contributed by atoms with Gasteiger partial charge in [0.15, 0.2) is 0 Å². The average molecular weight is 271 g/mol. The largest absolute Gasteiger partial charge is 0.303 e. The van der Waals surface area contributed by atoms with Crippen molar-refractivity contribution in [3.8, 4) is 0 Å². The van der Waals surface area contributed by atoms with Crippen LogP contribution in [0, 0.1) is 17.7 Å². The van der Waals surface area contributed by atoms with E-state index < -0.39 is 0 Å². The molecule has 15 heavy (non-hydrogen) atoms. The van der Waals surface area contributed by atoms with Crippen LogP contribution < -0.4 is 0 Å². The summed E-state index contributed by atoms with van der Waals surface area (Å²) >= 11 is 3.43. The van der Waals surface area contributed by atoms with Gasteiger partial charge in [-0.05, 0) is 24.8 Å². The van der Waals surface area contributed by atoms with Crippen LogP contribution >= 0.6 is 15.9 Å². The summed E-state index contributed by atoms with van der Waals surface area (Å²) in [4.78, 5) is 10.8. The second-order valence-electron chi connectivity index (χ2n) is 3.97. The van der Waals surface area contributed by atoms with Crippen LogP contribution in [0.2, 0.25) is 0 Å². The lowest BCUT2D eigenvalue weighted by Gasteiger charge is -2.17. The number of benzene rings is 1. The molecule has 0 N–H and O–H groups in total. The molecule has 1 aliphatic carbocycles. The molecule has 0 amide bonds. The Morgan fingerprint density at radius 3 is 2.60 bits per heavy atom. The molecule has 0 aliphatic heterocycles. The van der Waals surface area contributed by atoms with E-state index in [1.54, 1.807) is 18.2 Å². The minimum atomic E-state index is -0.244. The molecule has 0 heterocycles. The van der Waals surface area contributed by atoms with Gasteiger partial charge in [-0.2, -0.15) is 0 Å². The summed E-state index contributed by atoms with van der Waals surface area (Å²) in [7, 11) is 0. The van der Waals surface area contributed by atoms with Crippen LogP contribution in [0.1, 0.15) is 23.2 Å². The Morgan fingerprint density at radius 2 is 2.07 bits per heavy atom. The van der Waals surface area contributed by atoms with E-state index in [0.29, 0.717) is 11.5 Å². The van der Waals surface area contributed by atoms with Crippen molar-refractivity contribution >= 4 is 22.2 Å². The Kier molecular flexibility index (Phi) is 3.19. The first kappa shape index (κ1) is 10.8. The van der Waals surface area contributed by atoms with E-state index >= 15 is 0 Å². The third-order valence-corrected chi connectivity index (χ3v) is 3.97. The molecule has 2 atom stereocenters. The summed E-state index contributed by atoms with van der Waals surface area (Å²) in [5.41, 5.74) is 0.585. The second-order valence-corrected chi connectivity index (χ2v) is 4.96. The summed E-state index contributed by atoms with van der Waals surface area (Å²) in [5, 5.41) is 0. The number of carbonyl (C=O) groups excluding carboxylic acids is 1. The van der Waals surface area contributed by atoms with E-state index in [9.17, 15) is 9.18 Å². The smallest absolute Gasteiger partial charge is 0.127 e. The van der Waals surface area contributed by atoms with E-state index in [1.807, 2.05) is 0 Å². The molecule has 2 rings (SSSR count). The van der Waals surface area contributed by atoms with Gasteiger partial charge in [-0.25, -0.2) is 4.39 Å². The Bertz CT molecular complexity index is 362. The van der Waals surface area contributed by atoms with Gasteiger partial charge in [-0.15, -0.1) is 0 Å². The maximum Gasteiger partial charge on any atom is 0.127 e. The molecule has 1 aromatic carbocycles. The number of carbonyl (C=O) groups is 1. The van der Waals surface area contributed by atoms with Gasteiger partial charge in [0.25, 0.3) is 0 Å². The molecule has 0 spiro atoms. The lowest BCUT2D eigenvalue weighted by Crippen LogP contribution is -2.12. The molecular formula is C12H12BrFO. The predicted octanol–water partition coefficient (Wildman–Crippen LogP) is 3.49. The Labute approximate surface area is 96.8 Å². The SMILES string of the molecule is O=CC(C1CC1)C(Br)c1ccccc1F. The molecule has 0 saturated heterocycles. The van der Waals surface area contributed by atoms with E-state index in [2.05, 4.69) is 15.9 Å². The highest BCUT2D eigenvalue weighted by Crippen LogP contribution is 2.45. The molecule has 1 saturated carbocycles. The zero-order chi connectivity index (χ0) is 10.8. The van der Waals surface area contributed by atoms with Crippen molar-refractivity contribution in [2.24, 2.45) is 11.8 Å². The number of halogens is 2. The maximum atomic E-state index is 13.5. The van der Waals surface area contributed by atoms with Crippen LogP contribution in [0.15, 0.2) is 24.3 Å². The third kappa shape index (κ3) is 2.28. The van der Waals surface area contributed by atoms with Gasteiger partial charge in [0, 0.05) is 11.5 Å². The van der Waals surface area contributed by atoms with Crippen LogP contribution in [-0.4, -0.2) is 6.29 Å². The van der Waals surface area contributed by atoms with Gasteiger partial charge in [-0.1, -0.05) is 34.1 Å². The zero-order valence-electron chi connectivity index (χ0n) is 8.20. The van der Waals surface area contributed by atoms with E-state index in [0.717, 1.165) is 19.1 Å². The van der Waals surface area contributed by atoms with Crippen molar-refractivity contribution in [1.29, 1.82) is 0 Å². The summed E-state index contributed by atoms with van der Waals surface area (Å²) in [5.74, 6) is 0.0975. The van der Waals surface area contributed by atoms with Crippen LogP contribution in [0.25, 0.3) is 0 Å². The molecule has 1 aromatic rings. The highest BCUT2D eigenvalue weighted by Gasteiger charge is 2.36. The first-order valence-corrected chi connectivity index (χ1v) is 5.99. The lowest BCUT2D eigenvalue weighted by atomic mass is 9.96. The molecule has 1 fully saturated rings.